The van der Waals surface area contributed by atoms with Gasteiger partial charge in [-0.05, 0) is 6.42 Å². The first-order valence-electron chi connectivity index (χ1n) is 3.70. The Bertz CT molecular complexity index is 146. The summed E-state index contributed by atoms with van der Waals surface area (Å²) in [4.78, 5) is 0. The third-order valence-corrected chi connectivity index (χ3v) is 3.64. The van der Waals surface area contributed by atoms with Crippen LogP contribution in [-0.4, -0.2) is 27.0 Å². The van der Waals surface area contributed by atoms with E-state index in [-0.39, 0.29) is 5.92 Å². The summed E-state index contributed by atoms with van der Waals surface area (Å²) in [5.74, 6) is 2.87. The van der Waals surface area contributed by atoms with Gasteiger partial charge in [0.05, 0.1) is 14.0 Å². The monoisotopic (exact) mass is 206 g/mol. The van der Waals surface area contributed by atoms with Crippen LogP contribution in [0.4, 0.5) is 0 Å². The molecule has 2 nitrogen and oxygen atoms in total. The van der Waals surface area contributed by atoms with Crippen LogP contribution >= 0.6 is 19.6 Å². The molecule has 12 heavy (non-hydrogen) atoms. The van der Waals surface area contributed by atoms with Crippen molar-refractivity contribution in [2.45, 2.75) is 6.42 Å². The van der Waals surface area contributed by atoms with E-state index in [1.54, 1.807) is 14.2 Å². The summed E-state index contributed by atoms with van der Waals surface area (Å²) >= 11 is 4.24. The van der Waals surface area contributed by atoms with E-state index in [9.17, 15) is 0 Å². The zero-order valence-corrected chi connectivity index (χ0v) is 9.28. The van der Waals surface area contributed by atoms with E-state index < -0.39 is 7.35 Å². The van der Waals surface area contributed by atoms with E-state index in [1.807, 2.05) is 0 Å². The van der Waals surface area contributed by atoms with E-state index >= 15 is 0 Å². The first kappa shape index (κ1) is 12.3. The number of hydrogen-bond donors (Lipinski definition) is 1. The highest BCUT2D eigenvalue weighted by Gasteiger charge is 2.07. The lowest BCUT2D eigenvalue weighted by molar-refractivity contribution is 0.172. The molecule has 0 bridgehead atoms. The molecule has 0 aliphatic carbocycles. The Hall–Kier alpha value is 0.260. The number of rotatable bonds is 6. The quantitative estimate of drug-likeness (QED) is 0.408. The number of hydrogen-bond acceptors (Lipinski definition) is 3. The highest BCUT2D eigenvalue weighted by atomic mass is 32.7. The fourth-order valence-corrected chi connectivity index (χ4v) is 1.84. The predicted molar refractivity (Wildman–Crippen MR) is 56.6 cm³/mol. The topological polar surface area (TPSA) is 18.5 Å². The maximum absolute atomic E-state index is 5.30. The molecule has 0 saturated carbocycles. The van der Waals surface area contributed by atoms with E-state index in [2.05, 4.69) is 18.2 Å². The standard InChI is InChI=1S/C8H15O2PS/c1-4-8(7-9-2)5-6-11(12)10-3/h1,8,12H,5-7H2,2-3H3. The predicted octanol–water partition coefficient (Wildman–Crippen LogP) is 2.16. The van der Waals surface area contributed by atoms with Crippen LogP contribution in [0.5, 0.6) is 0 Å². The van der Waals surface area contributed by atoms with E-state index in [0.717, 1.165) is 12.6 Å². The van der Waals surface area contributed by atoms with Gasteiger partial charge in [-0.3, -0.25) is 0 Å². The summed E-state index contributed by atoms with van der Waals surface area (Å²) in [7, 11) is 2.74. The van der Waals surface area contributed by atoms with Crippen molar-refractivity contribution in [3.05, 3.63) is 0 Å². The molecule has 0 spiro atoms. The third-order valence-electron chi connectivity index (χ3n) is 1.48. The summed E-state index contributed by atoms with van der Waals surface area (Å²) < 4.78 is 10.0. The van der Waals surface area contributed by atoms with Crippen LogP contribution in [0.1, 0.15) is 6.42 Å². The van der Waals surface area contributed by atoms with Crippen LogP contribution < -0.4 is 0 Å². The number of methoxy groups -OCH3 is 1. The maximum atomic E-state index is 5.30. The molecule has 0 radical (unpaired) electrons. The van der Waals surface area contributed by atoms with Crippen LogP contribution in [0, 0.1) is 18.3 Å². The molecule has 70 valence electrons. The van der Waals surface area contributed by atoms with Crippen molar-refractivity contribution in [3.63, 3.8) is 0 Å². The minimum atomic E-state index is -0.584. The second-order valence-corrected chi connectivity index (χ2v) is 5.22. The van der Waals surface area contributed by atoms with Crippen LogP contribution in [0.15, 0.2) is 0 Å². The average Bonchev–Trinajstić information content (AvgIpc) is 2.11. The van der Waals surface area contributed by atoms with Gasteiger partial charge in [0.1, 0.15) is 0 Å². The van der Waals surface area contributed by atoms with Gasteiger partial charge >= 0.3 is 0 Å². The van der Waals surface area contributed by atoms with E-state index in [0.29, 0.717) is 6.61 Å². The fraction of sp³-hybridized carbons (Fsp3) is 0.750. The van der Waals surface area contributed by atoms with Crippen LogP contribution in [0.2, 0.25) is 0 Å². The molecule has 0 fully saturated rings. The molecule has 0 rings (SSSR count). The highest BCUT2D eigenvalue weighted by molar-refractivity contribution is 8.43. The highest BCUT2D eigenvalue weighted by Crippen LogP contribution is 2.41. The molecule has 0 heterocycles. The molecular weight excluding hydrogens is 191 g/mol. The molecule has 0 saturated heterocycles. The molecule has 0 aromatic heterocycles. The Balaban J connectivity index is 3.52. The van der Waals surface area contributed by atoms with Gasteiger partial charge in [-0.1, -0.05) is 0 Å². The lowest BCUT2D eigenvalue weighted by Crippen LogP contribution is -2.06. The number of terminal acetylenes is 1. The molecule has 0 aromatic carbocycles. The zero-order chi connectivity index (χ0) is 9.40. The Morgan fingerprint density at radius 1 is 1.58 bits per heavy atom. The van der Waals surface area contributed by atoms with Crippen molar-refractivity contribution in [3.8, 4) is 12.3 Å². The van der Waals surface area contributed by atoms with Crippen molar-refractivity contribution < 1.29 is 9.26 Å². The number of thiol groups is 1. The Kier molecular flexibility index (Phi) is 8.06. The second kappa shape index (κ2) is 7.89. The molecule has 0 aliphatic heterocycles. The average molecular weight is 206 g/mol. The van der Waals surface area contributed by atoms with Crippen molar-refractivity contribution in [1.29, 1.82) is 0 Å². The van der Waals surface area contributed by atoms with Gasteiger partial charge in [0, 0.05) is 26.3 Å². The van der Waals surface area contributed by atoms with Crippen LogP contribution in [-0.2, 0) is 9.26 Å². The van der Waals surface area contributed by atoms with Crippen molar-refractivity contribution in [2.75, 3.05) is 27.0 Å². The Morgan fingerprint density at radius 2 is 2.25 bits per heavy atom. The first-order chi connectivity index (χ1) is 5.74. The lowest BCUT2D eigenvalue weighted by Gasteiger charge is -2.11. The SMILES string of the molecule is C#CC(CCP(S)OC)COC. The summed E-state index contributed by atoms with van der Waals surface area (Å²) in [5, 5.41) is 0. The molecule has 0 aromatic rings. The summed E-state index contributed by atoms with van der Waals surface area (Å²) in [6.07, 6.45) is 7.15. The van der Waals surface area contributed by atoms with E-state index in [4.69, 9.17) is 15.7 Å². The Labute approximate surface area is 81.0 Å². The summed E-state index contributed by atoms with van der Waals surface area (Å²) in [6, 6.07) is 0. The van der Waals surface area contributed by atoms with Gasteiger partial charge in [-0.2, -0.15) is 0 Å². The fourth-order valence-electron chi connectivity index (χ4n) is 0.774. The van der Waals surface area contributed by atoms with E-state index in [1.165, 1.54) is 0 Å². The Morgan fingerprint density at radius 3 is 2.67 bits per heavy atom. The molecule has 2 unspecified atom stereocenters. The molecule has 0 amide bonds. The molecular formula is C8H15O2PS. The van der Waals surface area contributed by atoms with Crippen molar-refractivity contribution >= 4 is 19.6 Å². The van der Waals surface area contributed by atoms with Crippen LogP contribution in [0.3, 0.4) is 0 Å². The van der Waals surface area contributed by atoms with Crippen molar-refractivity contribution in [1.82, 2.24) is 0 Å². The minimum absolute atomic E-state index is 0.197. The maximum Gasteiger partial charge on any atom is 0.0852 e. The first-order valence-corrected chi connectivity index (χ1v) is 6.30. The zero-order valence-electron chi connectivity index (χ0n) is 7.49. The van der Waals surface area contributed by atoms with Gasteiger partial charge < -0.3 is 9.26 Å². The van der Waals surface area contributed by atoms with Crippen LogP contribution in [0.25, 0.3) is 0 Å². The normalized spacial score (nSPS) is 15.2. The smallest absolute Gasteiger partial charge is 0.0852 e. The van der Waals surface area contributed by atoms with Gasteiger partial charge in [-0.25, -0.2) is 0 Å². The summed E-state index contributed by atoms with van der Waals surface area (Å²) in [6.45, 7) is 0.622. The van der Waals surface area contributed by atoms with Gasteiger partial charge in [-0.15, -0.1) is 24.6 Å². The number of ether oxygens (including phenoxy) is 1. The molecule has 0 N–H and O–H groups in total. The minimum Gasteiger partial charge on any atom is -0.383 e. The largest absolute Gasteiger partial charge is 0.383 e. The molecule has 2 atom stereocenters. The second-order valence-electron chi connectivity index (χ2n) is 2.37. The lowest BCUT2D eigenvalue weighted by atomic mass is 10.1. The van der Waals surface area contributed by atoms with Gasteiger partial charge in [0.15, 0.2) is 0 Å². The van der Waals surface area contributed by atoms with Gasteiger partial charge in [0.2, 0.25) is 0 Å². The van der Waals surface area contributed by atoms with Gasteiger partial charge in [0.25, 0.3) is 0 Å². The summed E-state index contributed by atoms with van der Waals surface area (Å²) in [5.41, 5.74) is 0. The molecule has 4 heteroatoms. The third kappa shape index (κ3) is 5.85. The molecule has 0 aliphatic rings. The van der Waals surface area contributed by atoms with Crippen molar-refractivity contribution in [2.24, 2.45) is 5.92 Å².